The lowest BCUT2D eigenvalue weighted by atomic mass is 10.1. The summed E-state index contributed by atoms with van der Waals surface area (Å²) in [4.78, 5) is 10.3. The number of hydrogen-bond acceptors (Lipinski definition) is 1. The molecule has 0 spiro atoms. The number of aliphatic carboxylic acids is 1. The lowest BCUT2D eigenvalue weighted by Crippen LogP contribution is -1.93. The number of carbonyl (C=O) groups is 1. The van der Waals surface area contributed by atoms with Crippen LogP contribution in [0.1, 0.15) is 64.7 Å². The summed E-state index contributed by atoms with van der Waals surface area (Å²) in [5.74, 6) is -0.733. The van der Waals surface area contributed by atoms with Gasteiger partial charge in [-0.1, -0.05) is 68.4 Å². The van der Waals surface area contributed by atoms with E-state index in [2.05, 4.69) is 37.3 Å². The van der Waals surface area contributed by atoms with Crippen LogP contribution >= 0.6 is 0 Å². The minimum atomic E-state index is -0.800. The van der Waals surface area contributed by atoms with Gasteiger partial charge in [-0.25, -0.2) is 4.39 Å². The molecular formula is C20H31FO2. The lowest BCUT2D eigenvalue weighted by molar-refractivity contribution is -0.137. The number of rotatable bonds is 14. The zero-order valence-electron chi connectivity index (χ0n) is 14.3. The fourth-order valence-electron chi connectivity index (χ4n) is 1.93. The maximum Gasteiger partial charge on any atom is 0.303 e. The van der Waals surface area contributed by atoms with Gasteiger partial charge >= 0.3 is 5.97 Å². The normalized spacial score (nSPS) is 13.8. The molecule has 1 atom stereocenters. The van der Waals surface area contributed by atoms with Crippen LogP contribution in [-0.2, 0) is 4.79 Å². The topological polar surface area (TPSA) is 37.3 Å². The van der Waals surface area contributed by atoms with Crippen molar-refractivity contribution in [3.8, 4) is 0 Å². The number of hydrogen-bond donors (Lipinski definition) is 1. The Morgan fingerprint density at radius 2 is 1.52 bits per heavy atom. The smallest absolute Gasteiger partial charge is 0.303 e. The van der Waals surface area contributed by atoms with Crippen molar-refractivity contribution in [3.63, 3.8) is 0 Å². The van der Waals surface area contributed by atoms with Crippen LogP contribution in [0.15, 0.2) is 48.6 Å². The number of carboxylic acid groups (broad SMARTS) is 1. The van der Waals surface area contributed by atoms with Crippen molar-refractivity contribution in [1.29, 1.82) is 0 Å². The Bertz CT molecular complexity index is 394. The molecule has 0 saturated carbocycles. The highest BCUT2D eigenvalue weighted by Gasteiger charge is 1.98. The number of alkyl halides is 1. The molecule has 0 aliphatic heterocycles. The van der Waals surface area contributed by atoms with E-state index in [4.69, 9.17) is 5.11 Å². The van der Waals surface area contributed by atoms with Crippen molar-refractivity contribution >= 4 is 5.97 Å². The minimum Gasteiger partial charge on any atom is -0.481 e. The third-order valence-corrected chi connectivity index (χ3v) is 3.26. The molecule has 23 heavy (non-hydrogen) atoms. The molecule has 0 aliphatic carbocycles. The van der Waals surface area contributed by atoms with E-state index in [1.54, 1.807) is 6.08 Å². The van der Waals surface area contributed by atoms with Gasteiger partial charge in [0.15, 0.2) is 0 Å². The molecule has 0 heterocycles. The quantitative estimate of drug-likeness (QED) is 0.307. The first-order chi connectivity index (χ1) is 11.2. The average molecular weight is 322 g/mol. The Hall–Kier alpha value is -1.64. The van der Waals surface area contributed by atoms with E-state index in [-0.39, 0.29) is 6.42 Å². The number of halogens is 1. The molecule has 0 aliphatic rings. The Balaban J connectivity index is 3.53. The molecular weight excluding hydrogens is 291 g/mol. The maximum atomic E-state index is 13.3. The van der Waals surface area contributed by atoms with Crippen LogP contribution in [0, 0.1) is 0 Å². The van der Waals surface area contributed by atoms with Crippen LogP contribution < -0.4 is 0 Å². The predicted octanol–water partition coefficient (Wildman–Crippen LogP) is 6.16. The number of allylic oxidation sites excluding steroid dienone is 8. The van der Waals surface area contributed by atoms with E-state index in [9.17, 15) is 9.18 Å². The Kier molecular flexibility index (Phi) is 15.5. The molecule has 3 heteroatoms. The first-order valence-electron chi connectivity index (χ1n) is 8.64. The summed E-state index contributed by atoms with van der Waals surface area (Å²) in [5, 5.41) is 8.49. The van der Waals surface area contributed by atoms with Crippen molar-refractivity contribution in [3.05, 3.63) is 48.6 Å². The summed E-state index contributed by atoms with van der Waals surface area (Å²) in [6, 6.07) is 0. The molecule has 1 N–H and O–H groups in total. The van der Waals surface area contributed by atoms with Gasteiger partial charge in [0.25, 0.3) is 0 Å². The molecule has 0 rings (SSSR count). The molecule has 2 nitrogen and oxygen atoms in total. The third kappa shape index (κ3) is 18.3. The highest BCUT2D eigenvalue weighted by atomic mass is 19.1. The number of carboxylic acids is 1. The maximum absolute atomic E-state index is 13.3. The van der Waals surface area contributed by atoms with Crippen LogP contribution in [-0.4, -0.2) is 17.2 Å². The molecule has 1 unspecified atom stereocenters. The molecule has 0 fully saturated rings. The fraction of sp³-hybridized carbons (Fsp3) is 0.550. The first kappa shape index (κ1) is 21.4. The molecule has 0 aromatic rings. The summed E-state index contributed by atoms with van der Waals surface area (Å²) < 4.78 is 13.3. The zero-order chi connectivity index (χ0) is 17.2. The predicted molar refractivity (Wildman–Crippen MR) is 96.3 cm³/mol. The summed E-state index contributed by atoms with van der Waals surface area (Å²) >= 11 is 0. The van der Waals surface area contributed by atoms with Crippen LogP contribution in [0.3, 0.4) is 0 Å². The van der Waals surface area contributed by atoms with Crippen LogP contribution in [0.4, 0.5) is 4.39 Å². The van der Waals surface area contributed by atoms with E-state index >= 15 is 0 Å². The van der Waals surface area contributed by atoms with Gasteiger partial charge in [-0.05, 0) is 38.5 Å². The first-order valence-corrected chi connectivity index (χ1v) is 8.64. The van der Waals surface area contributed by atoms with E-state index in [1.807, 2.05) is 12.2 Å². The largest absolute Gasteiger partial charge is 0.481 e. The van der Waals surface area contributed by atoms with E-state index in [1.165, 1.54) is 0 Å². The monoisotopic (exact) mass is 322 g/mol. The molecule has 0 saturated heterocycles. The van der Waals surface area contributed by atoms with Crippen molar-refractivity contribution in [2.24, 2.45) is 0 Å². The second-order valence-corrected chi connectivity index (χ2v) is 5.49. The summed E-state index contributed by atoms with van der Waals surface area (Å²) in [5.41, 5.74) is 0. The van der Waals surface area contributed by atoms with Gasteiger partial charge in [0.1, 0.15) is 6.17 Å². The summed E-state index contributed by atoms with van der Waals surface area (Å²) in [7, 11) is 0. The second-order valence-electron chi connectivity index (χ2n) is 5.49. The van der Waals surface area contributed by atoms with Crippen molar-refractivity contribution in [2.75, 3.05) is 0 Å². The molecule has 0 amide bonds. The fourth-order valence-corrected chi connectivity index (χ4v) is 1.93. The SMILES string of the molecule is CCCCC(F)/C=C\C/C=C\C/C=C\C/C=C\CCCC(=O)O. The number of unbranched alkanes of at least 4 members (excludes halogenated alkanes) is 2. The average Bonchev–Trinajstić information content (AvgIpc) is 2.52. The van der Waals surface area contributed by atoms with Crippen LogP contribution in [0.25, 0.3) is 0 Å². The van der Waals surface area contributed by atoms with Crippen LogP contribution in [0.2, 0.25) is 0 Å². The second kappa shape index (κ2) is 16.7. The molecule has 0 radical (unpaired) electrons. The highest BCUT2D eigenvalue weighted by molar-refractivity contribution is 5.66. The Labute approximate surface area is 140 Å². The van der Waals surface area contributed by atoms with E-state index in [0.717, 1.165) is 38.5 Å². The van der Waals surface area contributed by atoms with E-state index < -0.39 is 12.1 Å². The van der Waals surface area contributed by atoms with Gasteiger partial charge in [0.2, 0.25) is 0 Å². The molecule has 0 aromatic carbocycles. The summed E-state index contributed by atoms with van der Waals surface area (Å²) in [6.45, 7) is 2.07. The molecule has 130 valence electrons. The van der Waals surface area contributed by atoms with Crippen molar-refractivity contribution < 1.29 is 14.3 Å². The van der Waals surface area contributed by atoms with Crippen LogP contribution in [0.5, 0.6) is 0 Å². The van der Waals surface area contributed by atoms with Gasteiger partial charge in [-0.15, -0.1) is 0 Å². The van der Waals surface area contributed by atoms with Gasteiger partial charge in [0.05, 0.1) is 0 Å². The molecule has 0 aromatic heterocycles. The van der Waals surface area contributed by atoms with E-state index in [0.29, 0.717) is 12.8 Å². The Morgan fingerprint density at radius 1 is 0.957 bits per heavy atom. The van der Waals surface area contributed by atoms with Gasteiger partial charge < -0.3 is 5.11 Å². The Morgan fingerprint density at radius 3 is 2.09 bits per heavy atom. The van der Waals surface area contributed by atoms with Crippen molar-refractivity contribution in [1.82, 2.24) is 0 Å². The standard InChI is InChI=1S/C20H31FO2/c1-2-3-16-19(21)17-14-12-10-8-6-4-5-7-9-11-13-15-18-20(22)23/h4-5,8-11,14,17,19H,2-3,6-7,12-13,15-16,18H2,1H3,(H,22,23)/b5-4-,10-8-,11-9-,17-14-. The summed E-state index contributed by atoms with van der Waals surface area (Å²) in [6.07, 6.45) is 22.1. The lowest BCUT2D eigenvalue weighted by Gasteiger charge is -1.99. The highest BCUT2D eigenvalue weighted by Crippen LogP contribution is 2.06. The van der Waals surface area contributed by atoms with Gasteiger partial charge in [0, 0.05) is 6.42 Å². The zero-order valence-corrected chi connectivity index (χ0v) is 14.3. The third-order valence-electron chi connectivity index (χ3n) is 3.26. The molecule has 0 bridgehead atoms. The van der Waals surface area contributed by atoms with Gasteiger partial charge in [-0.2, -0.15) is 0 Å². The van der Waals surface area contributed by atoms with Crippen molar-refractivity contribution in [2.45, 2.75) is 70.9 Å². The van der Waals surface area contributed by atoms with Gasteiger partial charge in [-0.3, -0.25) is 4.79 Å². The minimum absolute atomic E-state index is 0.237.